The van der Waals surface area contributed by atoms with E-state index in [-0.39, 0.29) is 5.78 Å². The minimum atomic E-state index is -0.435. The van der Waals surface area contributed by atoms with E-state index >= 15 is 0 Å². The van der Waals surface area contributed by atoms with Gasteiger partial charge in [0.1, 0.15) is 5.60 Å². The van der Waals surface area contributed by atoms with Gasteiger partial charge in [-0.25, -0.2) is 0 Å². The Morgan fingerprint density at radius 3 is 2.82 bits per heavy atom. The van der Waals surface area contributed by atoms with Crippen molar-refractivity contribution in [1.29, 1.82) is 0 Å². The summed E-state index contributed by atoms with van der Waals surface area (Å²) in [6.07, 6.45) is 3.53. The zero-order valence-electron chi connectivity index (χ0n) is 7.35. The second-order valence-electron chi connectivity index (χ2n) is 3.36. The fourth-order valence-electron chi connectivity index (χ4n) is 1.49. The fraction of sp³-hybridized carbons (Fsp3) is 0.889. The summed E-state index contributed by atoms with van der Waals surface area (Å²) in [6.45, 7) is 4.69. The van der Waals surface area contributed by atoms with E-state index < -0.39 is 5.60 Å². The largest absolute Gasteiger partial charge is 0.368 e. The summed E-state index contributed by atoms with van der Waals surface area (Å²) in [4.78, 5) is 11.4. The maximum atomic E-state index is 11.4. The van der Waals surface area contributed by atoms with Gasteiger partial charge in [-0.3, -0.25) is 4.79 Å². The summed E-state index contributed by atoms with van der Waals surface area (Å²) < 4.78 is 5.41. The fourth-order valence-corrected chi connectivity index (χ4v) is 1.49. The molecule has 0 saturated carbocycles. The first-order chi connectivity index (χ1) is 5.19. The lowest BCUT2D eigenvalue weighted by molar-refractivity contribution is -0.137. The lowest BCUT2D eigenvalue weighted by Crippen LogP contribution is -2.33. The molecule has 0 aromatic carbocycles. The highest BCUT2D eigenvalue weighted by Crippen LogP contribution is 2.27. The SMILES string of the molecule is CCCC(=O)C1(C)CCCO1. The molecule has 1 rings (SSSR count). The van der Waals surface area contributed by atoms with Crippen LogP contribution in [0.4, 0.5) is 0 Å². The van der Waals surface area contributed by atoms with Crippen LogP contribution < -0.4 is 0 Å². The second-order valence-corrected chi connectivity index (χ2v) is 3.36. The van der Waals surface area contributed by atoms with Crippen LogP contribution in [-0.2, 0) is 9.53 Å². The smallest absolute Gasteiger partial charge is 0.164 e. The van der Waals surface area contributed by atoms with E-state index in [1.807, 2.05) is 13.8 Å². The molecular formula is C9H16O2. The normalized spacial score (nSPS) is 30.7. The highest BCUT2D eigenvalue weighted by Gasteiger charge is 2.36. The van der Waals surface area contributed by atoms with E-state index in [4.69, 9.17) is 4.74 Å². The van der Waals surface area contributed by atoms with Crippen LogP contribution in [0.1, 0.15) is 39.5 Å². The molecule has 1 heterocycles. The molecule has 0 aromatic rings. The molecule has 0 radical (unpaired) electrons. The van der Waals surface area contributed by atoms with Gasteiger partial charge >= 0.3 is 0 Å². The van der Waals surface area contributed by atoms with Crippen molar-refractivity contribution in [2.45, 2.75) is 45.1 Å². The number of hydrogen-bond donors (Lipinski definition) is 0. The Kier molecular flexibility index (Phi) is 2.66. The van der Waals surface area contributed by atoms with E-state index in [1.54, 1.807) is 0 Å². The standard InChI is InChI=1S/C9H16O2/c1-3-5-8(10)9(2)6-4-7-11-9/h3-7H2,1-2H3. The van der Waals surface area contributed by atoms with E-state index in [9.17, 15) is 4.79 Å². The first-order valence-electron chi connectivity index (χ1n) is 4.36. The van der Waals surface area contributed by atoms with Gasteiger partial charge < -0.3 is 4.74 Å². The third-order valence-corrected chi connectivity index (χ3v) is 2.29. The molecule has 11 heavy (non-hydrogen) atoms. The van der Waals surface area contributed by atoms with E-state index in [2.05, 4.69) is 0 Å². The van der Waals surface area contributed by atoms with Crippen molar-refractivity contribution in [2.75, 3.05) is 6.61 Å². The maximum absolute atomic E-state index is 11.4. The van der Waals surface area contributed by atoms with Crippen LogP contribution in [-0.4, -0.2) is 18.0 Å². The summed E-state index contributed by atoms with van der Waals surface area (Å²) in [7, 11) is 0. The molecule has 0 aromatic heterocycles. The molecule has 0 aliphatic carbocycles. The predicted octanol–water partition coefficient (Wildman–Crippen LogP) is 1.92. The van der Waals surface area contributed by atoms with Gasteiger partial charge in [0.2, 0.25) is 0 Å². The average Bonchev–Trinajstić information content (AvgIpc) is 2.38. The van der Waals surface area contributed by atoms with Gasteiger partial charge in [0.05, 0.1) is 0 Å². The summed E-state index contributed by atoms with van der Waals surface area (Å²) in [5.74, 6) is 0.275. The number of hydrogen-bond acceptors (Lipinski definition) is 2. The van der Waals surface area contributed by atoms with E-state index in [1.165, 1.54) is 0 Å². The molecule has 1 unspecified atom stereocenters. The quantitative estimate of drug-likeness (QED) is 0.624. The number of carbonyl (C=O) groups excluding carboxylic acids is 1. The number of ketones is 1. The van der Waals surface area contributed by atoms with Crippen molar-refractivity contribution >= 4 is 5.78 Å². The van der Waals surface area contributed by atoms with Gasteiger partial charge in [0.15, 0.2) is 5.78 Å². The van der Waals surface area contributed by atoms with Crippen LogP contribution in [0.25, 0.3) is 0 Å². The van der Waals surface area contributed by atoms with Crippen LogP contribution in [0.15, 0.2) is 0 Å². The van der Waals surface area contributed by atoms with Gasteiger partial charge in [-0.1, -0.05) is 6.92 Å². The monoisotopic (exact) mass is 156 g/mol. The average molecular weight is 156 g/mol. The zero-order chi connectivity index (χ0) is 8.32. The van der Waals surface area contributed by atoms with Crippen molar-refractivity contribution in [1.82, 2.24) is 0 Å². The van der Waals surface area contributed by atoms with Crippen molar-refractivity contribution in [3.8, 4) is 0 Å². The Morgan fingerprint density at radius 1 is 1.64 bits per heavy atom. The minimum Gasteiger partial charge on any atom is -0.368 e. The Balaban J connectivity index is 2.49. The van der Waals surface area contributed by atoms with Gasteiger partial charge in [-0.2, -0.15) is 0 Å². The zero-order valence-corrected chi connectivity index (χ0v) is 7.35. The lowest BCUT2D eigenvalue weighted by atomic mass is 9.94. The van der Waals surface area contributed by atoms with Crippen molar-refractivity contribution < 1.29 is 9.53 Å². The number of rotatable bonds is 3. The first kappa shape index (κ1) is 8.72. The molecule has 1 aliphatic heterocycles. The van der Waals surface area contributed by atoms with Crippen LogP contribution in [0.3, 0.4) is 0 Å². The second kappa shape index (κ2) is 3.35. The van der Waals surface area contributed by atoms with E-state index in [0.29, 0.717) is 6.42 Å². The molecule has 0 spiro atoms. The molecule has 2 heteroatoms. The van der Waals surface area contributed by atoms with Crippen molar-refractivity contribution in [3.63, 3.8) is 0 Å². The number of ether oxygens (including phenoxy) is 1. The third-order valence-electron chi connectivity index (χ3n) is 2.29. The van der Waals surface area contributed by atoms with E-state index in [0.717, 1.165) is 25.9 Å². The Bertz CT molecular complexity index is 146. The number of carbonyl (C=O) groups is 1. The van der Waals surface area contributed by atoms with Crippen LogP contribution >= 0.6 is 0 Å². The molecule has 0 bridgehead atoms. The maximum Gasteiger partial charge on any atom is 0.164 e. The topological polar surface area (TPSA) is 26.3 Å². The van der Waals surface area contributed by atoms with Gasteiger partial charge in [0.25, 0.3) is 0 Å². The molecule has 0 amide bonds. The Labute approximate surface area is 67.9 Å². The van der Waals surface area contributed by atoms with Gasteiger partial charge in [-0.15, -0.1) is 0 Å². The molecule has 64 valence electrons. The highest BCUT2D eigenvalue weighted by atomic mass is 16.5. The number of Topliss-reactive ketones (excluding diaryl/α,β-unsaturated/α-hetero) is 1. The minimum absolute atomic E-state index is 0.275. The molecule has 1 atom stereocenters. The Hall–Kier alpha value is -0.370. The summed E-state index contributed by atoms with van der Waals surface area (Å²) in [6, 6.07) is 0. The predicted molar refractivity (Wildman–Crippen MR) is 43.5 cm³/mol. The highest BCUT2D eigenvalue weighted by molar-refractivity contribution is 5.87. The molecule has 1 saturated heterocycles. The summed E-state index contributed by atoms with van der Waals surface area (Å²) in [5.41, 5.74) is -0.435. The van der Waals surface area contributed by atoms with Crippen LogP contribution in [0, 0.1) is 0 Å². The van der Waals surface area contributed by atoms with Crippen molar-refractivity contribution in [3.05, 3.63) is 0 Å². The lowest BCUT2D eigenvalue weighted by Gasteiger charge is -2.20. The molecule has 1 aliphatic rings. The van der Waals surface area contributed by atoms with Crippen LogP contribution in [0.5, 0.6) is 0 Å². The Morgan fingerprint density at radius 2 is 2.36 bits per heavy atom. The summed E-state index contributed by atoms with van der Waals surface area (Å²) in [5, 5.41) is 0. The summed E-state index contributed by atoms with van der Waals surface area (Å²) >= 11 is 0. The van der Waals surface area contributed by atoms with Crippen molar-refractivity contribution in [2.24, 2.45) is 0 Å². The molecular weight excluding hydrogens is 140 g/mol. The molecule has 2 nitrogen and oxygen atoms in total. The molecule has 0 N–H and O–H groups in total. The van der Waals surface area contributed by atoms with Gasteiger partial charge in [0, 0.05) is 13.0 Å². The third kappa shape index (κ3) is 1.80. The first-order valence-corrected chi connectivity index (χ1v) is 4.36. The molecule has 1 fully saturated rings. The van der Waals surface area contributed by atoms with Crippen LogP contribution in [0.2, 0.25) is 0 Å². The van der Waals surface area contributed by atoms with Gasteiger partial charge in [-0.05, 0) is 26.2 Å².